The van der Waals surface area contributed by atoms with Gasteiger partial charge in [0.25, 0.3) is 5.69 Å². The number of benzene rings is 2. The van der Waals surface area contributed by atoms with Crippen molar-refractivity contribution >= 4 is 23.4 Å². The van der Waals surface area contributed by atoms with Gasteiger partial charge < -0.3 is 10.2 Å². The summed E-state index contributed by atoms with van der Waals surface area (Å²) in [4.78, 5) is 24.9. The van der Waals surface area contributed by atoms with Gasteiger partial charge in [-0.1, -0.05) is 19.1 Å². The van der Waals surface area contributed by atoms with E-state index >= 15 is 0 Å². The predicted octanol–water partition coefficient (Wildman–Crippen LogP) is 4.72. The summed E-state index contributed by atoms with van der Waals surface area (Å²) in [5.74, 6) is 0.522. The number of hydrogen-bond acceptors (Lipinski definition) is 4. The number of non-ortho nitro benzene ring substituents is 1. The van der Waals surface area contributed by atoms with Crippen LogP contribution in [0.5, 0.6) is 0 Å². The van der Waals surface area contributed by atoms with Crippen LogP contribution < -0.4 is 10.2 Å². The number of rotatable bonds is 6. The molecule has 0 spiro atoms. The van der Waals surface area contributed by atoms with Gasteiger partial charge in [0, 0.05) is 37.0 Å². The molecular weight excluding hydrogens is 366 g/mol. The van der Waals surface area contributed by atoms with Crippen molar-refractivity contribution in [3.63, 3.8) is 0 Å². The van der Waals surface area contributed by atoms with Gasteiger partial charge in [0.05, 0.1) is 11.0 Å². The largest absolute Gasteiger partial charge is 0.371 e. The normalized spacial score (nSPS) is 17.9. The molecule has 3 rings (SSSR count). The molecule has 1 aliphatic rings. The van der Waals surface area contributed by atoms with E-state index in [2.05, 4.69) is 41.4 Å². The molecule has 0 aliphatic carbocycles. The van der Waals surface area contributed by atoms with Crippen LogP contribution >= 0.6 is 0 Å². The van der Waals surface area contributed by atoms with Gasteiger partial charge in [-0.2, -0.15) is 0 Å². The van der Waals surface area contributed by atoms with E-state index in [-0.39, 0.29) is 17.6 Å². The van der Waals surface area contributed by atoms with Gasteiger partial charge in [0.15, 0.2) is 0 Å². The van der Waals surface area contributed by atoms with E-state index < -0.39 is 4.92 Å². The van der Waals surface area contributed by atoms with Crippen molar-refractivity contribution in [1.29, 1.82) is 0 Å². The van der Waals surface area contributed by atoms with E-state index in [4.69, 9.17) is 0 Å². The van der Waals surface area contributed by atoms with Crippen LogP contribution in [-0.2, 0) is 4.79 Å². The summed E-state index contributed by atoms with van der Waals surface area (Å²) >= 11 is 0. The van der Waals surface area contributed by atoms with E-state index in [9.17, 15) is 14.9 Å². The summed E-state index contributed by atoms with van der Waals surface area (Å²) in [6, 6.07) is 14.4. The summed E-state index contributed by atoms with van der Waals surface area (Å²) in [7, 11) is 0. The first-order chi connectivity index (χ1) is 13.9. The Morgan fingerprint density at radius 2 is 1.90 bits per heavy atom. The molecule has 152 valence electrons. The maximum absolute atomic E-state index is 12.2. The Morgan fingerprint density at radius 3 is 2.52 bits per heavy atom. The number of carbonyl (C=O) groups excluding carboxylic acids is 1. The third kappa shape index (κ3) is 5.67. The summed E-state index contributed by atoms with van der Waals surface area (Å²) in [5, 5.41) is 13.6. The number of nitro benzene ring substituents is 1. The molecular formula is C23H27N3O3. The second kappa shape index (κ2) is 9.37. The molecule has 1 saturated heterocycles. The lowest BCUT2D eigenvalue weighted by Crippen LogP contribution is -2.34. The maximum atomic E-state index is 12.2. The molecule has 0 radical (unpaired) electrons. The minimum atomic E-state index is -0.445. The molecule has 6 nitrogen and oxygen atoms in total. The number of anilines is 1. The van der Waals surface area contributed by atoms with E-state index in [0.29, 0.717) is 0 Å². The molecule has 2 aromatic rings. The van der Waals surface area contributed by atoms with Gasteiger partial charge >= 0.3 is 0 Å². The van der Waals surface area contributed by atoms with E-state index in [1.165, 1.54) is 36.7 Å². The first kappa shape index (κ1) is 20.6. The van der Waals surface area contributed by atoms with Crippen LogP contribution in [0.3, 0.4) is 0 Å². The highest BCUT2D eigenvalue weighted by Crippen LogP contribution is 2.24. The molecule has 1 aliphatic heterocycles. The monoisotopic (exact) mass is 393 g/mol. The molecule has 1 N–H and O–H groups in total. The topological polar surface area (TPSA) is 75.5 Å². The summed E-state index contributed by atoms with van der Waals surface area (Å²) in [6.45, 7) is 6.44. The first-order valence-electron chi connectivity index (χ1n) is 10.0. The average molecular weight is 393 g/mol. The number of nitro groups is 1. The Kier molecular flexibility index (Phi) is 6.65. The Hall–Kier alpha value is -3.15. The van der Waals surface area contributed by atoms with Crippen LogP contribution in [0.25, 0.3) is 6.08 Å². The molecule has 1 heterocycles. The molecule has 1 amide bonds. The molecule has 0 bridgehead atoms. The van der Waals surface area contributed by atoms with E-state index in [1.807, 2.05) is 6.92 Å². The highest BCUT2D eigenvalue weighted by atomic mass is 16.6. The molecule has 2 aromatic carbocycles. The number of nitrogens with zero attached hydrogens (tertiary/aromatic N) is 2. The second-order valence-corrected chi connectivity index (χ2v) is 7.70. The van der Waals surface area contributed by atoms with Crippen molar-refractivity contribution in [1.82, 2.24) is 5.32 Å². The molecule has 29 heavy (non-hydrogen) atoms. The molecule has 0 unspecified atom stereocenters. The van der Waals surface area contributed by atoms with Gasteiger partial charge in [-0.3, -0.25) is 14.9 Å². The fraction of sp³-hybridized carbons (Fsp3) is 0.348. The Bertz CT molecular complexity index is 875. The lowest BCUT2D eigenvalue weighted by atomic mass is 9.99. The van der Waals surface area contributed by atoms with Crippen LogP contribution in [0.2, 0.25) is 0 Å². The van der Waals surface area contributed by atoms with Gasteiger partial charge in [0.1, 0.15) is 0 Å². The number of nitrogens with one attached hydrogen (secondary N) is 1. The fourth-order valence-corrected chi connectivity index (χ4v) is 3.62. The van der Waals surface area contributed by atoms with Crippen molar-refractivity contribution in [3.8, 4) is 0 Å². The van der Waals surface area contributed by atoms with Gasteiger partial charge in [-0.05, 0) is 67.2 Å². The zero-order valence-corrected chi connectivity index (χ0v) is 16.9. The zero-order chi connectivity index (χ0) is 20.8. The summed E-state index contributed by atoms with van der Waals surface area (Å²) in [5.41, 5.74) is 3.05. The van der Waals surface area contributed by atoms with Crippen LogP contribution in [-0.4, -0.2) is 23.9 Å². The Labute approximate surface area is 171 Å². The summed E-state index contributed by atoms with van der Waals surface area (Å²) in [6.07, 6.45) is 5.62. The van der Waals surface area contributed by atoms with Gasteiger partial charge in [0.2, 0.25) is 5.91 Å². The smallest absolute Gasteiger partial charge is 0.269 e. The van der Waals surface area contributed by atoms with Gasteiger partial charge in [-0.25, -0.2) is 0 Å². The minimum Gasteiger partial charge on any atom is -0.371 e. The zero-order valence-electron chi connectivity index (χ0n) is 16.9. The van der Waals surface area contributed by atoms with Crippen LogP contribution in [0, 0.1) is 16.0 Å². The molecule has 0 aromatic heterocycles. The predicted molar refractivity (Wildman–Crippen MR) is 116 cm³/mol. The Morgan fingerprint density at radius 1 is 1.21 bits per heavy atom. The standard InChI is InChI=1S/C23H27N3O3/c1-17-4-3-15-25(16-17)21-12-8-20(9-13-21)18(2)24-23(27)14-7-19-5-10-22(11-6-19)26(28)29/h5-14,17-18H,3-4,15-16H2,1-2H3,(H,24,27)/b14-7+/t17-,18+/m1/s1. The summed E-state index contributed by atoms with van der Waals surface area (Å²) < 4.78 is 0. The van der Waals surface area contributed by atoms with E-state index in [0.717, 1.165) is 30.1 Å². The lowest BCUT2D eigenvalue weighted by molar-refractivity contribution is -0.384. The number of piperidine rings is 1. The van der Waals surface area contributed by atoms with Crippen molar-refractivity contribution in [2.24, 2.45) is 5.92 Å². The Balaban J connectivity index is 1.55. The van der Waals surface area contributed by atoms with Gasteiger partial charge in [-0.15, -0.1) is 0 Å². The second-order valence-electron chi connectivity index (χ2n) is 7.70. The first-order valence-corrected chi connectivity index (χ1v) is 10.0. The fourth-order valence-electron chi connectivity index (χ4n) is 3.62. The van der Waals surface area contributed by atoms with Crippen molar-refractivity contribution < 1.29 is 9.72 Å². The maximum Gasteiger partial charge on any atom is 0.269 e. The molecule has 0 saturated carbocycles. The average Bonchev–Trinajstić information content (AvgIpc) is 2.72. The van der Waals surface area contributed by atoms with Crippen molar-refractivity contribution in [3.05, 3.63) is 75.8 Å². The highest BCUT2D eigenvalue weighted by molar-refractivity contribution is 5.92. The third-order valence-electron chi connectivity index (χ3n) is 5.31. The quantitative estimate of drug-likeness (QED) is 0.438. The van der Waals surface area contributed by atoms with Crippen molar-refractivity contribution in [2.75, 3.05) is 18.0 Å². The number of hydrogen-bond donors (Lipinski definition) is 1. The molecule has 2 atom stereocenters. The number of carbonyl (C=O) groups is 1. The SMILES string of the molecule is C[C@@H]1CCCN(c2ccc([C@H](C)NC(=O)/C=C/c3ccc([N+](=O)[O-])cc3)cc2)C1. The van der Waals surface area contributed by atoms with Crippen LogP contribution in [0.1, 0.15) is 43.9 Å². The minimum absolute atomic E-state index is 0.0303. The molecule has 6 heteroatoms. The van der Waals surface area contributed by atoms with Crippen LogP contribution in [0.4, 0.5) is 11.4 Å². The third-order valence-corrected chi connectivity index (χ3v) is 5.31. The molecule has 1 fully saturated rings. The highest BCUT2D eigenvalue weighted by Gasteiger charge is 2.17. The van der Waals surface area contributed by atoms with E-state index in [1.54, 1.807) is 18.2 Å². The lowest BCUT2D eigenvalue weighted by Gasteiger charge is -2.33. The number of amides is 1. The van der Waals surface area contributed by atoms with Crippen LogP contribution in [0.15, 0.2) is 54.6 Å². The van der Waals surface area contributed by atoms with Crippen molar-refractivity contribution in [2.45, 2.75) is 32.7 Å².